The molecule has 138 valence electrons. The van der Waals surface area contributed by atoms with E-state index >= 15 is 0 Å². The maximum Gasteiger partial charge on any atom is 0.175 e. The number of nitrogens with zero attached hydrogens (tertiary/aromatic N) is 2. The van der Waals surface area contributed by atoms with Gasteiger partial charge in [-0.3, -0.25) is 0 Å². The number of hydrogen-bond acceptors (Lipinski definition) is 6. The second-order valence-corrected chi connectivity index (χ2v) is 6.68. The largest absolute Gasteiger partial charge is 0.595 e. The number of benzene rings is 2. The molecule has 2 atom stereocenters. The van der Waals surface area contributed by atoms with Crippen molar-refractivity contribution in [2.75, 3.05) is 33.1 Å². The summed E-state index contributed by atoms with van der Waals surface area (Å²) in [5.74, 6) is 0.703. The fourth-order valence-corrected chi connectivity index (χ4v) is 3.27. The predicted octanol–water partition coefficient (Wildman–Crippen LogP) is 2.16. The minimum Gasteiger partial charge on any atom is -0.595 e. The van der Waals surface area contributed by atoms with Crippen LogP contribution in [0.15, 0.2) is 36.4 Å². The number of fused-ring (bicyclic) bond motifs is 2. The van der Waals surface area contributed by atoms with Crippen molar-refractivity contribution in [1.82, 2.24) is 9.88 Å². The molecule has 0 spiro atoms. The SMILES string of the molecule is COc1ccc2nc3cccc([NH+]([O-])O)c3c(NC(C)CN(C)C)c2c1. The van der Waals surface area contributed by atoms with Gasteiger partial charge in [0.1, 0.15) is 5.75 Å². The molecule has 7 nitrogen and oxygen atoms in total. The Morgan fingerprint density at radius 1 is 1.27 bits per heavy atom. The van der Waals surface area contributed by atoms with Gasteiger partial charge in [-0.25, -0.2) is 10.2 Å². The number of nitrogens with one attached hydrogen (secondary N) is 2. The molecule has 3 aromatic rings. The number of likely N-dealkylation sites (N-methyl/N-ethyl adjacent to an activating group) is 1. The topological polar surface area (TPSA) is 85.1 Å². The molecule has 26 heavy (non-hydrogen) atoms. The van der Waals surface area contributed by atoms with E-state index in [1.165, 1.54) is 0 Å². The summed E-state index contributed by atoms with van der Waals surface area (Å²) >= 11 is 0. The minimum atomic E-state index is -0.969. The summed E-state index contributed by atoms with van der Waals surface area (Å²) in [7, 11) is 5.62. The monoisotopic (exact) mass is 356 g/mol. The van der Waals surface area contributed by atoms with Gasteiger partial charge in [0.05, 0.1) is 29.2 Å². The quantitative estimate of drug-likeness (QED) is 0.464. The maximum atomic E-state index is 11.8. The lowest BCUT2D eigenvalue weighted by Crippen LogP contribution is -2.99. The molecular formula is C19H24N4O3. The molecule has 3 N–H and O–H groups in total. The molecule has 0 saturated carbocycles. The van der Waals surface area contributed by atoms with Gasteiger partial charge in [0.15, 0.2) is 5.69 Å². The van der Waals surface area contributed by atoms with Crippen LogP contribution >= 0.6 is 0 Å². The van der Waals surface area contributed by atoms with Crippen LogP contribution in [0.2, 0.25) is 0 Å². The summed E-state index contributed by atoms with van der Waals surface area (Å²) in [5.41, 5.74) is 2.46. The van der Waals surface area contributed by atoms with E-state index in [9.17, 15) is 10.4 Å². The first-order valence-corrected chi connectivity index (χ1v) is 8.45. The molecule has 0 aliphatic heterocycles. The summed E-state index contributed by atoms with van der Waals surface area (Å²) in [6.07, 6.45) is 0. The van der Waals surface area contributed by atoms with E-state index < -0.39 is 5.23 Å². The van der Waals surface area contributed by atoms with E-state index in [4.69, 9.17) is 4.74 Å². The third kappa shape index (κ3) is 3.56. The van der Waals surface area contributed by atoms with Crippen LogP contribution in [0.25, 0.3) is 21.8 Å². The molecule has 0 amide bonds. The molecule has 1 aromatic heterocycles. The molecule has 0 aliphatic carbocycles. The molecule has 3 rings (SSSR count). The number of pyridine rings is 1. The first-order valence-electron chi connectivity index (χ1n) is 8.45. The Kier molecular flexibility index (Phi) is 5.24. The average Bonchev–Trinajstić information content (AvgIpc) is 2.59. The first-order chi connectivity index (χ1) is 12.4. The van der Waals surface area contributed by atoms with Gasteiger partial charge in [-0.1, -0.05) is 6.07 Å². The molecule has 2 unspecified atom stereocenters. The van der Waals surface area contributed by atoms with Crippen molar-refractivity contribution < 1.29 is 15.2 Å². The summed E-state index contributed by atoms with van der Waals surface area (Å²) in [6, 6.07) is 10.9. The van der Waals surface area contributed by atoms with Crippen molar-refractivity contribution in [2.24, 2.45) is 0 Å². The first kappa shape index (κ1) is 18.3. The normalized spacial score (nSPS) is 14.0. The minimum absolute atomic E-state index is 0.117. The van der Waals surface area contributed by atoms with Crippen molar-refractivity contribution >= 4 is 33.2 Å². The van der Waals surface area contributed by atoms with E-state index in [0.717, 1.165) is 23.1 Å². The molecule has 0 saturated heterocycles. The van der Waals surface area contributed by atoms with Gasteiger partial charge >= 0.3 is 0 Å². The van der Waals surface area contributed by atoms with Crippen LogP contribution in [-0.2, 0) is 0 Å². The number of hydrogen-bond donors (Lipinski definition) is 3. The van der Waals surface area contributed by atoms with Crippen LogP contribution in [0, 0.1) is 5.21 Å². The molecule has 0 radical (unpaired) electrons. The van der Waals surface area contributed by atoms with Gasteiger partial charge in [-0.2, -0.15) is 5.23 Å². The highest BCUT2D eigenvalue weighted by Gasteiger charge is 2.18. The van der Waals surface area contributed by atoms with Crippen LogP contribution in [0.4, 0.5) is 11.4 Å². The number of quaternary nitrogens is 1. The second-order valence-electron chi connectivity index (χ2n) is 6.68. The van der Waals surface area contributed by atoms with Crippen LogP contribution in [0.1, 0.15) is 6.92 Å². The van der Waals surface area contributed by atoms with E-state index in [-0.39, 0.29) is 11.7 Å². The van der Waals surface area contributed by atoms with Gasteiger partial charge in [0.25, 0.3) is 0 Å². The maximum absolute atomic E-state index is 11.8. The van der Waals surface area contributed by atoms with Gasteiger partial charge < -0.3 is 20.2 Å². The van der Waals surface area contributed by atoms with Crippen molar-refractivity contribution in [1.29, 1.82) is 0 Å². The van der Waals surface area contributed by atoms with Crippen molar-refractivity contribution in [3.63, 3.8) is 0 Å². The average molecular weight is 356 g/mol. The van der Waals surface area contributed by atoms with E-state index in [2.05, 4.69) is 22.1 Å². The second kappa shape index (κ2) is 7.43. The smallest absolute Gasteiger partial charge is 0.175 e. The summed E-state index contributed by atoms with van der Waals surface area (Å²) < 4.78 is 5.36. The van der Waals surface area contributed by atoms with Crippen LogP contribution in [0.3, 0.4) is 0 Å². The lowest BCUT2D eigenvalue weighted by molar-refractivity contribution is -0.990. The summed E-state index contributed by atoms with van der Waals surface area (Å²) in [6.45, 7) is 2.88. The Labute approximate surface area is 152 Å². The van der Waals surface area contributed by atoms with E-state index in [1.54, 1.807) is 19.2 Å². The van der Waals surface area contributed by atoms with Crippen LogP contribution in [-0.4, -0.2) is 48.9 Å². The Morgan fingerprint density at radius 2 is 2.04 bits per heavy atom. The van der Waals surface area contributed by atoms with Crippen LogP contribution in [0.5, 0.6) is 5.75 Å². The number of ether oxygens (including phenoxy) is 1. The van der Waals surface area contributed by atoms with E-state index in [1.807, 2.05) is 38.4 Å². The Hall–Kier alpha value is -2.45. The zero-order valence-corrected chi connectivity index (χ0v) is 15.4. The van der Waals surface area contributed by atoms with Crippen LogP contribution < -0.4 is 15.3 Å². The molecular weight excluding hydrogens is 332 g/mol. The fourth-order valence-electron chi connectivity index (χ4n) is 3.27. The Morgan fingerprint density at radius 3 is 2.69 bits per heavy atom. The van der Waals surface area contributed by atoms with Gasteiger partial charge in [0.2, 0.25) is 0 Å². The highest BCUT2D eigenvalue weighted by atomic mass is 16.8. The molecule has 0 fully saturated rings. The third-order valence-electron chi connectivity index (χ3n) is 4.27. The number of rotatable bonds is 6. The molecule has 0 bridgehead atoms. The molecule has 7 heteroatoms. The van der Waals surface area contributed by atoms with Gasteiger partial charge in [0, 0.05) is 24.0 Å². The number of aromatic nitrogens is 1. The zero-order valence-electron chi connectivity index (χ0n) is 15.4. The molecule has 2 aromatic carbocycles. The summed E-state index contributed by atoms with van der Waals surface area (Å²) in [4.78, 5) is 6.74. The standard InChI is InChI=1S/C19H24N4O3/c1-12(11-22(2)3)20-19-14-10-13(26-4)8-9-15(14)21-16-6-5-7-17(18(16)19)23(24)25/h5-10,12,23-24H,11H2,1-4H3,(H,20,21). The predicted molar refractivity (Wildman–Crippen MR) is 103 cm³/mol. The highest BCUT2D eigenvalue weighted by molar-refractivity contribution is 6.11. The van der Waals surface area contributed by atoms with E-state index in [0.29, 0.717) is 16.7 Å². The Balaban J connectivity index is 2.31. The van der Waals surface area contributed by atoms with Gasteiger partial charge in [-0.15, -0.1) is 0 Å². The fraction of sp³-hybridized carbons (Fsp3) is 0.316. The Bertz CT molecular complexity index is 927. The zero-order chi connectivity index (χ0) is 18.8. The number of anilines is 1. The van der Waals surface area contributed by atoms with Gasteiger partial charge in [-0.05, 0) is 45.3 Å². The number of methoxy groups -OCH3 is 1. The highest BCUT2D eigenvalue weighted by Crippen LogP contribution is 2.36. The third-order valence-corrected chi connectivity index (χ3v) is 4.27. The van der Waals surface area contributed by atoms with Crippen molar-refractivity contribution in [3.8, 4) is 5.75 Å². The lowest BCUT2D eigenvalue weighted by atomic mass is 10.0. The molecule has 1 heterocycles. The van der Waals surface area contributed by atoms with Crippen molar-refractivity contribution in [3.05, 3.63) is 41.6 Å². The van der Waals surface area contributed by atoms with Crippen molar-refractivity contribution in [2.45, 2.75) is 13.0 Å². The molecule has 0 aliphatic rings. The summed E-state index contributed by atoms with van der Waals surface area (Å²) in [5, 5.41) is 25.5. The lowest BCUT2D eigenvalue weighted by Gasteiger charge is -2.23.